The number of nitrogens with zero attached hydrogens (tertiary/aromatic N) is 1. The summed E-state index contributed by atoms with van der Waals surface area (Å²) in [7, 11) is 1.56. The van der Waals surface area contributed by atoms with Crippen LogP contribution in [0.5, 0.6) is 0 Å². The molecule has 0 aliphatic carbocycles. The summed E-state index contributed by atoms with van der Waals surface area (Å²) in [5, 5.41) is 14.3. The molecule has 2 aromatic carbocycles. The highest BCUT2D eigenvalue weighted by Crippen LogP contribution is 2.37. The zero-order valence-electron chi connectivity index (χ0n) is 26.7. The van der Waals surface area contributed by atoms with E-state index in [4.69, 9.17) is 23.8 Å². The zero-order valence-corrected chi connectivity index (χ0v) is 26.7. The Bertz CT molecular complexity index is 1070. The molecule has 2 aromatic rings. The summed E-state index contributed by atoms with van der Waals surface area (Å²) >= 11 is 0. The Morgan fingerprint density at radius 2 is 1.53 bits per heavy atom. The third-order valence-electron chi connectivity index (χ3n) is 6.72. The van der Waals surface area contributed by atoms with Crippen molar-refractivity contribution >= 4 is 12.1 Å². The number of carbonyl (C=O) groups excluding carboxylic acids is 2. The third-order valence-corrected chi connectivity index (χ3v) is 6.72. The van der Waals surface area contributed by atoms with E-state index in [1.165, 1.54) is 5.56 Å². The van der Waals surface area contributed by atoms with Crippen molar-refractivity contribution in [2.45, 2.75) is 65.8 Å². The van der Waals surface area contributed by atoms with Crippen LogP contribution in [0.1, 0.15) is 70.4 Å². The Morgan fingerprint density at radius 1 is 0.884 bits per heavy atom. The van der Waals surface area contributed by atoms with Gasteiger partial charge in [0.1, 0.15) is 25.2 Å². The molecule has 0 saturated carbocycles. The molecule has 0 bridgehead atoms. The van der Waals surface area contributed by atoms with Gasteiger partial charge in [-0.25, -0.2) is 4.79 Å². The van der Waals surface area contributed by atoms with E-state index >= 15 is 0 Å². The number of nitrogens with one attached hydrogen (secondary N) is 1. The maximum absolute atomic E-state index is 12.2. The lowest BCUT2D eigenvalue weighted by molar-refractivity contribution is -0.272. The van der Waals surface area contributed by atoms with E-state index in [2.05, 4.69) is 69.3 Å². The summed E-state index contributed by atoms with van der Waals surface area (Å²) in [6, 6.07) is 18.3. The van der Waals surface area contributed by atoms with E-state index in [-0.39, 0.29) is 44.1 Å². The number of esters is 1. The van der Waals surface area contributed by atoms with Gasteiger partial charge in [-0.15, -0.1) is 0 Å². The Morgan fingerprint density at radius 3 is 2.12 bits per heavy atom. The maximum Gasteiger partial charge on any atom is 0.407 e. The molecule has 0 fully saturated rings. The molecule has 0 aliphatic heterocycles. The predicted octanol–water partition coefficient (Wildman–Crippen LogP) is 5.22. The molecule has 0 radical (unpaired) electrons. The molecular formula is C33H50N2O8. The van der Waals surface area contributed by atoms with Crippen LogP contribution in [0.2, 0.25) is 0 Å². The number of carbonyl (C=O) groups is 2. The highest BCUT2D eigenvalue weighted by molar-refractivity contribution is 5.73. The van der Waals surface area contributed by atoms with Crippen LogP contribution in [-0.2, 0) is 35.1 Å². The second-order valence-electron chi connectivity index (χ2n) is 11.7. The number of rotatable bonds is 18. The quantitative estimate of drug-likeness (QED) is 0.135. The molecule has 3 atom stereocenters. The standard InChI is InChI=1S/C33H50N2O8/c1-24(2)30(28-11-9-8-10-12-28)35(33(4,5)6)43-25(3)27-15-13-26(14-16-27)21-34-32(38)42-23-29(22-36)31(37)41-20-19-40-18-17-39-7/h8-16,24-25,29-30,36H,17-23H2,1-7H3,(H,34,38). The van der Waals surface area contributed by atoms with Gasteiger partial charge < -0.3 is 29.4 Å². The first-order chi connectivity index (χ1) is 20.5. The summed E-state index contributed by atoms with van der Waals surface area (Å²) in [4.78, 5) is 31.0. The molecule has 3 unspecified atom stereocenters. The van der Waals surface area contributed by atoms with Crippen molar-refractivity contribution in [1.82, 2.24) is 10.4 Å². The van der Waals surface area contributed by atoms with E-state index < -0.39 is 24.6 Å². The Balaban J connectivity index is 1.88. The topological polar surface area (TPSA) is 116 Å². The van der Waals surface area contributed by atoms with Crippen LogP contribution in [-0.4, -0.2) is 74.5 Å². The maximum atomic E-state index is 12.2. The van der Waals surface area contributed by atoms with E-state index in [1.807, 2.05) is 37.3 Å². The lowest BCUT2D eigenvalue weighted by atomic mass is 9.92. The predicted molar refractivity (Wildman–Crippen MR) is 164 cm³/mol. The van der Waals surface area contributed by atoms with Crippen LogP contribution < -0.4 is 5.32 Å². The first kappa shape index (κ1) is 36.2. The fraction of sp³-hybridized carbons (Fsp3) is 0.576. The SMILES string of the molecule is COCCOCCOC(=O)C(CO)COC(=O)NCc1ccc(C(C)ON(C(c2ccccc2)C(C)C)C(C)(C)C)cc1. The number of methoxy groups -OCH3 is 1. The van der Waals surface area contributed by atoms with E-state index in [0.717, 1.165) is 11.1 Å². The molecular weight excluding hydrogens is 552 g/mol. The second kappa shape index (κ2) is 18.6. The van der Waals surface area contributed by atoms with Crippen molar-refractivity contribution in [3.63, 3.8) is 0 Å². The molecule has 0 aliphatic rings. The molecule has 0 spiro atoms. The molecule has 0 aromatic heterocycles. The molecule has 2 N–H and O–H groups in total. The largest absolute Gasteiger partial charge is 0.463 e. The molecule has 0 heterocycles. The van der Waals surface area contributed by atoms with Gasteiger partial charge in [-0.05, 0) is 50.3 Å². The molecule has 1 amide bonds. The second-order valence-corrected chi connectivity index (χ2v) is 11.7. The molecule has 0 saturated heterocycles. The Labute approximate surface area is 256 Å². The zero-order chi connectivity index (χ0) is 31.8. The average molecular weight is 603 g/mol. The highest BCUT2D eigenvalue weighted by atomic mass is 16.7. The van der Waals surface area contributed by atoms with Crippen molar-refractivity contribution in [2.75, 3.05) is 46.8 Å². The van der Waals surface area contributed by atoms with Crippen LogP contribution in [0.15, 0.2) is 54.6 Å². The first-order valence-corrected chi connectivity index (χ1v) is 14.8. The Kier molecular flexibility index (Phi) is 15.6. The van der Waals surface area contributed by atoms with Gasteiger partial charge in [0.2, 0.25) is 0 Å². The average Bonchev–Trinajstić information content (AvgIpc) is 2.98. The summed E-state index contributed by atoms with van der Waals surface area (Å²) in [6.45, 7) is 13.4. The summed E-state index contributed by atoms with van der Waals surface area (Å²) in [6.07, 6.45) is -0.903. The molecule has 10 heteroatoms. The van der Waals surface area contributed by atoms with E-state index in [0.29, 0.717) is 19.1 Å². The number of benzene rings is 2. The fourth-order valence-corrected chi connectivity index (χ4v) is 4.38. The normalized spacial score (nSPS) is 13.9. The van der Waals surface area contributed by atoms with Gasteiger partial charge >= 0.3 is 12.1 Å². The van der Waals surface area contributed by atoms with E-state index in [1.54, 1.807) is 7.11 Å². The summed E-state index contributed by atoms with van der Waals surface area (Å²) < 4.78 is 20.3. The molecule has 240 valence electrons. The van der Waals surface area contributed by atoms with Gasteiger partial charge in [0, 0.05) is 19.2 Å². The van der Waals surface area contributed by atoms with Crippen molar-refractivity contribution in [2.24, 2.45) is 11.8 Å². The Hall–Kier alpha value is -3.02. The number of aliphatic hydroxyl groups is 1. The van der Waals surface area contributed by atoms with Crippen LogP contribution in [0, 0.1) is 11.8 Å². The number of hydrogen-bond acceptors (Lipinski definition) is 9. The minimum absolute atomic E-state index is 0.0322. The van der Waals surface area contributed by atoms with Crippen LogP contribution in [0.3, 0.4) is 0 Å². The molecule has 2 rings (SSSR count). The monoisotopic (exact) mass is 602 g/mol. The van der Waals surface area contributed by atoms with Crippen molar-refractivity contribution < 1.29 is 38.5 Å². The number of ether oxygens (including phenoxy) is 4. The summed E-state index contributed by atoms with van der Waals surface area (Å²) in [5.74, 6) is -1.31. The number of hydrogen-bond donors (Lipinski definition) is 2. The van der Waals surface area contributed by atoms with Gasteiger partial charge in [0.25, 0.3) is 0 Å². The fourth-order valence-electron chi connectivity index (χ4n) is 4.38. The van der Waals surface area contributed by atoms with Gasteiger partial charge in [0.15, 0.2) is 0 Å². The highest BCUT2D eigenvalue weighted by Gasteiger charge is 2.34. The first-order valence-electron chi connectivity index (χ1n) is 14.8. The smallest absolute Gasteiger partial charge is 0.407 e. The van der Waals surface area contributed by atoms with Gasteiger partial charge in [0.05, 0.1) is 32.5 Å². The van der Waals surface area contributed by atoms with Gasteiger partial charge in [-0.2, -0.15) is 5.06 Å². The number of aliphatic hydroxyl groups excluding tert-OH is 1. The van der Waals surface area contributed by atoms with Gasteiger partial charge in [-0.1, -0.05) is 68.4 Å². The van der Waals surface area contributed by atoms with Crippen molar-refractivity contribution in [3.8, 4) is 0 Å². The van der Waals surface area contributed by atoms with Gasteiger partial charge in [-0.3, -0.25) is 9.63 Å². The van der Waals surface area contributed by atoms with Crippen LogP contribution in [0.4, 0.5) is 4.79 Å². The third kappa shape index (κ3) is 12.6. The lowest BCUT2D eigenvalue weighted by Crippen LogP contribution is -2.46. The number of amides is 1. The minimum Gasteiger partial charge on any atom is -0.463 e. The van der Waals surface area contributed by atoms with Crippen LogP contribution in [0.25, 0.3) is 0 Å². The molecule has 43 heavy (non-hydrogen) atoms. The lowest BCUT2D eigenvalue weighted by Gasteiger charge is -2.44. The molecule has 10 nitrogen and oxygen atoms in total. The summed E-state index contributed by atoms with van der Waals surface area (Å²) in [5.41, 5.74) is 2.84. The van der Waals surface area contributed by atoms with Crippen LogP contribution >= 0.6 is 0 Å². The number of alkyl carbamates (subject to hydrolysis) is 1. The van der Waals surface area contributed by atoms with Crippen molar-refractivity contribution in [1.29, 1.82) is 0 Å². The minimum atomic E-state index is -0.977. The number of hydroxylamine groups is 2. The van der Waals surface area contributed by atoms with E-state index in [9.17, 15) is 14.7 Å². The van der Waals surface area contributed by atoms with Crippen molar-refractivity contribution in [3.05, 3.63) is 71.3 Å².